The van der Waals surface area contributed by atoms with Crippen LogP contribution in [0.5, 0.6) is 0 Å². The van der Waals surface area contributed by atoms with Crippen molar-refractivity contribution in [3.05, 3.63) is 52.4 Å². The van der Waals surface area contributed by atoms with Gasteiger partial charge in [-0.25, -0.2) is 0 Å². The van der Waals surface area contributed by atoms with E-state index in [0.29, 0.717) is 22.3 Å². The molecule has 106 valence electrons. The molecule has 2 aromatic rings. The number of amides is 1. The monoisotopic (exact) mass is 329 g/mol. The van der Waals surface area contributed by atoms with Crippen molar-refractivity contribution in [3.8, 4) is 0 Å². The lowest BCUT2D eigenvalue weighted by Gasteiger charge is -2.15. The molecule has 1 aromatic carbocycles. The number of carbonyl (C=O) groups excluding carboxylic acids is 1. The summed E-state index contributed by atoms with van der Waals surface area (Å²) >= 11 is 13.3. The third-order valence-corrected chi connectivity index (χ3v) is 4.36. The van der Waals surface area contributed by atoms with Crippen LogP contribution in [-0.4, -0.2) is 23.6 Å². The van der Waals surface area contributed by atoms with Crippen molar-refractivity contribution in [2.24, 2.45) is 0 Å². The number of halogens is 2. The summed E-state index contributed by atoms with van der Waals surface area (Å²) in [7, 11) is 1.74. The Morgan fingerprint density at radius 1 is 1.35 bits per heavy atom. The van der Waals surface area contributed by atoms with Gasteiger partial charge in [0, 0.05) is 17.0 Å². The molecule has 1 heterocycles. The van der Waals surface area contributed by atoms with E-state index in [4.69, 9.17) is 27.6 Å². The van der Waals surface area contributed by atoms with Gasteiger partial charge in [0.2, 0.25) is 5.91 Å². The maximum atomic E-state index is 12.0. The first-order valence-corrected chi connectivity index (χ1v) is 7.64. The molecule has 2 rings (SSSR count). The average molecular weight is 330 g/mol. The molecule has 0 atom stereocenters. The highest BCUT2D eigenvalue weighted by molar-refractivity contribution is 8.00. The molecular formula is C14H13Cl2NO2S. The van der Waals surface area contributed by atoms with Crippen LogP contribution in [0.4, 0.5) is 0 Å². The van der Waals surface area contributed by atoms with Crippen molar-refractivity contribution in [2.75, 3.05) is 12.8 Å². The van der Waals surface area contributed by atoms with Crippen LogP contribution in [0.25, 0.3) is 0 Å². The minimum Gasteiger partial charge on any atom is -0.467 e. The predicted molar refractivity (Wildman–Crippen MR) is 82.4 cm³/mol. The van der Waals surface area contributed by atoms with E-state index in [1.165, 1.54) is 11.8 Å². The first-order valence-electron chi connectivity index (χ1n) is 5.90. The van der Waals surface area contributed by atoms with Crippen molar-refractivity contribution >= 4 is 40.9 Å². The predicted octanol–water partition coefficient (Wildman–Crippen LogP) is 4.34. The molecule has 0 saturated carbocycles. The first-order chi connectivity index (χ1) is 9.56. The lowest BCUT2D eigenvalue weighted by atomic mass is 10.4. The normalized spacial score (nSPS) is 10.6. The summed E-state index contributed by atoms with van der Waals surface area (Å²) in [5.41, 5.74) is 0. The summed E-state index contributed by atoms with van der Waals surface area (Å²) in [4.78, 5) is 14.4. The van der Waals surface area contributed by atoms with E-state index < -0.39 is 0 Å². The van der Waals surface area contributed by atoms with E-state index in [1.54, 1.807) is 42.5 Å². The van der Waals surface area contributed by atoms with Crippen molar-refractivity contribution in [1.82, 2.24) is 4.90 Å². The Bertz CT molecular complexity index is 587. The highest BCUT2D eigenvalue weighted by Crippen LogP contribution is 2.29. The number of nitrogens with zero attached hydrogens (tertiary/aromatic N) is 1. The Morgan fingerprint density at radius 3 is 2.85 bits per heavy atom. The number of hydrogen-bond donors (Lipinski definition) is 0. The molecule has 0 bridgehead atoms. The molecule has 20 heavy (non-hydrogen) atoms. The molecule has 1 aromatic heterocycles. The fourth-order valence-corrected chi connectivity index (χ4v) is 3.00. The lowest BCUT2D eigenvalue weighted by molar-refractivity contribution is -0.127. The highest BCUT2D eigenvalue weighted by Gasteiger charge is 2.12. The third kappa shape index (κ3) is 4.20. The molecule has 0 radical (unpaired) electrons. The van der Waals surface area contributed by atoms with Gasteiger partial charge in [-0.2, -0.15) is 0 Å². The smallest absolute Gasteiger partial charge is 0.233 e. The van der Waals surface area contributed by atoms with E-state index in [0.717, 1.165) is 10.7 Å². The van der Waals surface area contributed by atoms with Crippen LogP contribution in [0.15, 0.2) is 45.9 Å². The number of hydrogen-bond acceptors (Lipinski definition) is 3. The van der Waals surface area contributed by atoms with Gasteiger partial charge in [-0.1, -0.05) is 23.2 Å². The molecular weight excluding hydrogens is 317 g/mol. The number of rotatable bonds is 5. The Labute approximate surface area is 131 Å². The molecule has 0 saturated heterocycles. The van der Waals surface area contributed by atoms with Crippen molar-refractivity contribution in [1.29, 1.82) is 0 Å². The van der Waals surface area contributed by atoms with Crippen molar-refractivity contribution in [2.45, 2.75) is 11.4 Å². The van der Waals surface area contributed by atoms with Crippen LogP contribution in [0, 0.1) is 0 Å². The molecule has 0 unspecified atom stereocenters. The molecule has 0 aliphatic rings. The molecule has 0 spiro atoms. The first kappa shape index (κ1) is 15.3. The second-order valence-electron chi connectivity index (χ2n) is 4.19. The largest absolute Gasteiger partial charge is 0.467 e. The summed E-state index contributed by atoms with van der Waals surface area (Å²) in [5.74, 6) is 1.06. The Hall–Kier alpha value is -1.10. The Kier molecular flexibility index (Phi) is 5.40. The maximum absolute atomic E-state index is 12.0. The van der Waals surface area contributed by atoms with Crippen LogP contribution in [-0.2, 0) is 11.3 Å². The zero-order valence-electron chi connectivity index (χ0n) is 10.8. The van der Waals surface area contributed by atoms with Gasteiger partial charge in [0.25, 0.3) is 0 Å². The standard InChI is InChI=1S/C14H13Cl2NO2S/c1-17(8-11-3-2-6-19-11)14(18)9-20-13-7-10(15)4-5-12(13)16/h2-7H,8-9H2,1H3. The van der Waals surface area contributed by atoms with E-state index in [9.17, 15) is 4.79 Å². The number of carbonyl (C=O) groups is 1. The van der Waals surface area contributed by atoms with E-state index in [2.05, 4.69) is 0 Å². The zero-order chi connectivity index (χ0) is 14.5. The topological polar surface area (TPSA) is 33.5 Å². The third-order valence-electron chi connectivity index (χ3n) is 2.64. The fraction of sp³-hybridized carbons (Fsp3) is 0.214. The average Bonchev–Trinajstić information content (AvgIpc) is 2.92. The van der Waals surface area contributed by atoms with Crippen LogP contribution in [0.2, 0.25) is 10.0 Å². The minimum atomic E-state index is 0.00226. The quantitative estimate of drug-likeness (QED) is 0.765. The van der Waals surface area contributed by atoms with Gasteiger partial charge in [0.05, 0.1) is 23.6 Å². The Morgan fingerprint density at radius 2 is 2.15 bits per heavy atom. The van der Waals surface area contributed by atoms with Gasteiger partial charge in [-0.15, -0.1) is 11.8 Å². The van der Waals surface area contributed by atoms with Gasteiger partial charge in [-0.05, 0) is 30.3 Å². The minimum absolute atomic E-state index is 0.00226. The second kappa shape index (κ2) is 7.07. The van der Waals surface area contributed by atoms with E-state index >= 15 is 0 Å². The molecule has 6 heteroatoms. The van der Waals surface area contributed by atoms with Gasteiger partial charge in [0.15, 0.2) is 0 Å². The molecule has 0 aliphatic heterocycles. The van der Waals surface area contributed by atoms with Gasteiger partial charge < -0.3 is 9.32 Å². The van der Waals surface area contributed by atoms with Gasteiger partial charge in [-0.3, -0.25) is 4.79 Å². The zero-order valence-corrected chi connectivity index (χ0v) is 13.1. The van der Waals surface area contributed by atoms with Crippen LogP contribution >= 0.6 is 35.0 Å². The molecule has 0 N–H and O–H groups in total. The molecule has 3 nitrogen and oxygen atoms in total. The molecule has 0 fully saturated rings. The second-order valence-corrected chi connectivity index (χ2v) is 6.05. The van der Waals surface area contributed by atoms with Crippen molar-refractivity contribution in [3.63, 3.8) is 0 Å². The van der Waals surface area contributed by atoms with E-state index in [-0.39, 0.29) is 5.91 Å². The maximum Gasteiger partial charge on any atom is 0.233 e. The molecule has 0 aliphatic carbocycles. The highest BCUT2D eigenvalue weighted by atomic mass is 35.5. The van der Waals surface area contributed by atoms with Crippen LogP contribution < -0.4 is 0 Å². The summed E-state index contributed by atoms with van der Waals surface area (Å²) in [6, 6.07) is 8.84. The molecule has 1 amide bonds. The summed E-state index contributed by atoms with van der Waals surface area (Å²) < 4.78 is 5.21. The fourth-order valence-electron chi connectivity index (χ4n) is 1.56. The number of furan rings is 1. The van der Waals surface area contributed by atoms with Crippen LogP contribution in [0.3, 0.4) is 0 Å². The van der Waals surface area contributed by atoms with Crippen molar-refractivity contribution < 1.29 is 9.21 Å². The summed E-state index contributed by atoms with van der Waals surface area (Å²) in [6.07, 6.45) is 1.59. The SMILES string of the molecule is CN(Cc1ccco1)C(=O)CSc1cc(Cl)ccc1Cl. The summed E-state index contributed by atoms with van der Waals surface area (Å²) in [5, 5.41) is 1.20. The van der Waals surface area contributed by atoms with Gasteiger partial charge in [0.1, 0.15) is 5.76 Å². The number of thioether (sulfide) groups is 1. The lowest BCUT2D eigenvalue weighted by Crippen LogP contribution is -2.27. The van der Waals surface area contributed by atoms with Gasteiger partial charge >= 0.3 is 0 Å². The van der Waals surface area contributed by atoms with E-state index in [1.807, 2.05) is 6.07 Å². The summed E-state index contributed by atoms with van der Waals surface area (Å²) in [6.45, 7) is 0.454. The Balaban J connectivity index is 1.89. The number of benzene rings is 1. The van der Waals surface area contributed by atoms with Crippen LogP contribution in [0.1, 0.15) is 5.76 Å².